The van der Waals surface area contributed by atoms with Gasteiger partial charge in [-0.3, -0.25) is 0 Å². The molecule has 3 heteroatoms. The topological polar surface area (TPSA) is 9.23 Å². The number of halogens is 2. The lowest BCUT2D eigenvalue weighted by Crippen LogP contribution is -2.38. The summed E-state index contributed by atoms with van der Waals surface area (Å²) in [6, 6.07) is 0. The van der Waals surface area contributed by atoms with Gasteiger partial charge in [0.2, 0.25) is 0 Å². The predicted molar refractivity (Wildman–Crippen MR) is 52.9 cm³/mol. The van der Waals surface area contributed by atoms with Gasteiger partial charge in [-0.05, 0) is 19.3 Å². The van der Waals surface area contributed by atoms with Crippen molar-refractivity contribution in [2.45, 2.75) is 49.5 Å². The van der Waals surface area contributed by atoms with E-state index in [0.29, 0.717) is 0 Å². The minimum Gasteiger partial charge on any atom is -0.375 e. The summed E-state index contributed by atoms with van der Waals surface area (Å²) in [6.07, 6.45) is 5.20. The van der Waals surface area contributed by atoms with E-state index in [9.17, 15) is 0 Å². The maximum Gasteiger partial charge on any atom is 0.144 e. The fourth-order valence-electron chi connectivity index (χ4n) is 1.50. The molecule has 0 aromatic carbocycles. The zero-order chi connectivity index (χ0) is 9.03. The lowest BCUT2D eigenvalue weighted by atomic mass is 10.0. The number of hydrogen-bond donors (Lipinski definition) is 0. The van der Waals surface area contributed by atoms with Crippen LogP contribution in [0.25, 0.3) is 0 Å². The largest absolute Gasteiger partial charge is 0.375 e. The second kappa shape index (κ2) is 4.69. The van der Waals surface area contributed by atoms with Gasteiger partial charge in [0.1, 0.15) is 4.33 Å². The molecule has 0 radical (unpaired) electrons. The van der Waals surface area contributed by atoms with Crippen molar-refractivity contribution in [2.75, 3.05) is 6.61 Å². The molecule has 1 nitrogen and oxygen atoms in total. The SMILES string of the molecule is CCCCC1OCCCC1(Cl)Cl. The number of unbranched alkanes of at least 4 members (excludes halogenated alkanes) is 1. The van der Waals surface area contributed by atoms with E-state index in [1.165, 1.54) is 6.42 Å². The molecule has 1 unspecified atom stereocenters. The fourth-order valence-corrected chi connectivity index (χ4v) is 2.11. The van der Waals surface area contributed by atoms with Crippen molar-refractivity contribution in [3.05, 3.63) is 0 Å². The Hall–Kier alpha value is 0.540. The van der Waals surface area contributed by atoms with Gasteiger partial charge >= 0.3 is 0 Å². The molecular weight excluding hydrogens is 195 g/mol. The number of hydrogen-bond acceptors (Lipinski definition) is 1. The van der Waals surface area contributed by atoms with E-state index in [0.717, 1.165) is 32.3 Å². The Morgan fingerprint density at radius 2 is 2.25 bits per heavy atom. The van der Waals surface area contributed by atoms with Gasteiger partial charge < -0.3 is 4.74 Å². The van der Waals surface area contributed by atoms with Crippen LogP contribution in [0, 0.1) is 0 Å². The lowest BCUT2D eigenvalue weighted by Gasteiger charge is -2.34. The van der Waals surface area contributed by atoms with E-state index < -0.39 is 4.33 Å². The molecule has 0 aromatic rings. The van der Waals surface area contributed by atoms with Crippen molar-refractivity contribution in [2.24, 2.45) is 0 Å². The van der Waals surface area contributed by atoms with Crippen molar-refractivity contribution < 1.29 is 4.74 Å². The Morgan fingerprint density at radius 1 is 1.50 bits per heavy atom. The minimum atomic E-state index is -0.632. The highest BCUT2D eigenvalue weighted by atomic mass is 35.5. The van der Waals surface area contributed by atoms with E-state index in [-0.39, 0.29) is 6.10 Å². The van der Waals surface area contributed by atoms with Crippen molar-refractivity contribution in [1.29, 1.82) is 0 Å². The van der Waals surface area contributed by atoms with Crippen LogP contribution in [-0.4, -0.2) is 17.0 Å². The van der Waals surface area contributed by atoms with E-state index in [4.69, 9.17) is 27.9 Å². The highest BCUT2D eigenvalue weighted by Gasteiger charge is 2.37. The molecule has 1 saturated heterocycles. The normalized spacial score (nSPS) is 28.8. The van der Waals surface area contributed by atoms with Gasteiger partial charge in [0, 0.05) is 6.61 Å². The first-order chi connectivity index (χ1) is 5.67. The third-order valence-electron chi connectivity index (χ3n) is 2.26. The third kappa shape index (κ3) is 2.79. The van der Waals surface area contributed by atoms with Gasteiger partial charge in [-0.1, -0.05) is 43.0 Å². The first-order valence-electron chi connectivity index (χ1n) is 4.66. The summed E-state index contributed by atoms with van der Waals surface area (Å²) < 4.78 is 4.90. The van der Waals surface area contributed by atoms with Gasteiger partial charge in [0.25, 0.3) is 0 Å². The average molecular weight is 211 g/mol. The van der Waals surface area contributed by atoms with Crippen LogP contribution >= 0.6 is 23.2 Å². The summed E-state index contributed by atoms with van der Waals surface area (Å²) in [5.74, 6) is 0. The highest BCUT2D eigenvalue weighted by Crippen LogP contribution is 2.38. The van der Waals surface area contributed by atoms with Gasteiger partial charge in [-0.2, -0.15) is 0 Å². The van der Waals surface area contributed by atoms with Crippen LogP contribution in [0.4, 0.5) is 0 Å². The van der Waals surface area contributed by atoms with Gasteiger partial charge in [0.05, 0.1) is 6.10 Å². The van der Waals surface area contributed by atoms with Crippen molar-refractivity contribution >= 4 is 23.2 Å². The predicted octanol–water partition coefficient (Wildman–Crippen LogP) is 3.53. The smallest absolute Gasteiger partial charge is 0.144 e. The molecule has 0 aliphatic carbocycles. The molecule has 1 rings (SSSR count). The molecule has 0 saturated carbocycles. The maximum atomic E-state index is 6.11. The number of ether oxygens (including phenoxy) is 1. The molecule has 12 heavy (non-hydrogen) atoms. The second-order valence-corrected chi connectivity index (χ2v) is 4.91. The van der Waals surface area contributed by atoms with E-state index in [1.807, 2.05) is 0 Å². The summed E-state index contributed by atoms with van der Waals surface area (Å²) in [5.41, 5.74) is 0. The van der Waals surface area contributed by atoms with Crippen LogP contribution < -0.4 is 0 Å². The Morgan fingerprint density at radius 3 is 2.83 bits per heavy atom. The first kappa shape index (κ1) is 10.6. The van der Waals surface area contributed by atoms with E-state index >= 15 is 0 Å². The molecule has 0 aromatic heterocycles. The molecule has 0 N–H and O–H groups in total. The average Bonchev–Trinajstić information content (AvgIpc) is 2.02. The third-order valence-corrected chi connectivity index (χ3v) is 3.13. The molecule has 1 heterocycles. The second-order valence-electron chi connectivity index (χ2n) is 3.37. The van der Waals surface area contributed by atoms with E-state index in [2.05, 4.69) is 6.92 Å². The summed E-state index contributed by atoms with van der Waals surface area (Å²) >= 11 is 12.2. The standard InChI is InChI=1S/C9H16Cl2O/c1-2-3-5-8-9(10,11)6-4-7-12-8/h8H,2-7H2,1H3. The van der Waals surface area contributed by atoms with Gasteiger partial charge in [-0.25, -0.2) is 0 Å². The van der Waals surface area contributed by atoms with Crippen molar-refractivity contribution in [3.63, 3.8) is 0 Å². The summed E-state index contributed by atoms with van der Waals surface area (Å²) in [4.78, 5) is 0. The van der Waals surface area contributed by atoms with Crippen LogP contribution in [0.1, 0.15) is 39.0 Å². The van der Waals surface area contributed by atoms with Crippen LogP contribution in [0.15, 0.2) is 0 Å². The molecular formula is C9H16Cl2O. The Labute approximate surface area is 84.4 Å². The molecule has 0 amide bonds. The Balaban J connectivity index is 2.37. The number of alkyl halides is 2. The molecule has 0 bridgehead atoms. The molecule has 1 aliphatic rings. The highest BCUT2D eigenvalue weighted by molar-refractivity contribution is 6.48. The molecule has 1 atom stereocenters. The fraction of sp³-hybridized carbons (Fsp3) is 1.00. The molecule has 72 valence electrons. The lowest BCUT2D eigenvalue weighted by molar-refractivity contribution is 0.00280. The Bertz CT molecular complexity index is 136. The number of rotatable bonds is 3. The zero-order valence-corrected chi connectivity index (χ0v) is 9.00. The van der Waals surface area contributed by atoms with Crippen molar-refractivity contribution in [3.8, 4) is 0 Å². The quantitative estimate of drug-likeness (QED) is 0.649. The summed E-state index contributed by atoms with van der Waals surface area (Å²) in [6.45, 7) is 2.97. The van der Waals surface area contributed by atoms with Gasteiger partial charge in [0.15, 0.2) is 0 Å². The Kier molecular flexibility index (Phi) is 4.15. The maximum absolute atomic E-state index is 6.11. The van der Waals surface area contributed by atoms with Crippen LogP contribution in [0.2, 0.25) is 0 Å². The first-order valence-corrected chi connectivity index (χ1v) is 5.42. The molecule has 1 fully saturated rings. The monoisotopic (exact) mass is 210 g/mol. The summed E-state index contributed by atoms with van der Waals surface area (Å²) in [5, 5.41) is 0. The van der Waals surface area contributed by atoms with Crippen LogP contribution in [0.5, 0.6) is 0 Å². The van der Waals surface area contributed by atoms with Crippen LogP contribution in [0.3, 0.4) is 0 Å². The van der Waals surface area contributed by atoms with Crippen molar-refractivity contribution in [1.82, 2.24) is 0 Å². The zero-order valence-electron chi connectivity index (χ0n) is 7.48. The molecule has 1 aliphatic heterocycles. The van der Waals surface area contributed by atoms with E-state index in [1.54, 1.807) is 0 Å². The molecule has 0 spiro atoms. The van der Waals surface area contributed by atoms with Gasteiger partial charge in [-0.15, -0.1) is 0 Å². The minimum absolute atomic E-state index is 0.0505. The summed E-state index contributed by atoms with van der Waals surface area (Å²) in [7, 11) is 0. The van der Waals surface area contributed by atoms with Crippen LogP contribution in [-0.2, 0) is 4.74 Å².